The van der Waals surface area contributed by atoms with E-state index in [2.05, 4.69) is 0 Å². The molecule has 0 aromatic rings. The molecule has 0 rings (SSSR count). The second-order valence-electron chi connectivity index (χ2n) is 2.20. The van der Waals surface area contributed by atoms with E-state index < -0.39 is 0 Å². The maximum atomic E-state index is 8.43. The van der Waals surface area contributed by atoms with Crippen molar-refractivity contribution in [2.75, 3.05) is 27.2 Å². The van der Waals surface area contributed by atoms with Gasteiger partial charge in [0.25, 0.3) is 0 Å². The van der Waals surface area contributed by atoms with Gasteiger partial charge in [-0.3, -0.25) is 0 Å². The Morgan fingerprint density at radius 1 is 1.62 bits per heavy atom. The summed E-state index contributed by atoms with van der Waals surface area (Å²) < 4.78 is 0. The molecule has 3 nitrogen and oxygen atoms in total. The van der Waals surface area contributed by atoms with Gasteiger partial charge in [0.15, 0.2) is 0 Å². The average Bonchev–Trinajstić information content (AvgIpc) is 1.65. The van der Waals surface area contributed by atoms with Crippen molar-refractivity contribution in [3.05, 3.63) is 0 Å². The van der Waals surface area contributed by atoms with Crippen LogP contribution in [0.25, 0.3) is 0 Å². The smallest absolute Gasteiger partial charge is 0.0595 e. The molecule has 0 aliphatic rings. The number of aliphatic hydroxyl groups is 1. The monoisotopic (exact) mass is 118 g/mol. The zero-order chi connectivity index (χ0) is 6.57. The van der Waals surface area contributed by atoms with Crippen LogP contribution in [0.2, 0.25) is 0 Å². The average molecular weight is 118 g/mol. The quantitative estimate of drug-likeness (QED) is 0.493. The first-order valence-electron chi connectivity index (χ1n) is 2.68. The minimum atomic E-state index is -0.0926. The number of aliphatic hydroxyl groups excluding tert-OH is 1. The van der Waals surface area contributed by atoms with Gasteiger partial charge in [0.1, 0.15) is 0 Å². The van der Waals surface area contributed by atoms with Crippen molar-refractivity contribution in [3.8, 4) is 0 Å². The molecule has 0 amide bonds. The van der Waals surface area contributed by atoms with Crippen LogP contribution in [0.15, 0.2) is 0 Å². The van der Waals surface area contributed by atoms with E-state index in [1.165, 1.54) is 0 Å². The van der Waals surface area contributed by atoms with E-state index in [9.17, 15) is 0 Å². The van der Waals surface area contributed by atoms with E-state index in [0.717, 1.165) is 6.54 Å². The molecule has 0 aromatic heterocycles. The van der Waals surface area contributed by atoms with Gasteiger partial charge in [0.05, 0.1) is 6.61 Å². The van der Waals surface area contributed by atoms with Crippen molar-refractivity contribution >= 4 is 0 Å². The van der Waals surface area contributed by atoms with Crippen LogP contribution in [0, 0.1) is 0 Å². The fraction of sp³-hybridized carbons (Fsp3) is 1.00. The van der Waals surface area contributed by atoms with Gasteiger partial charge in [0.2, 0.25) is 0 Å². The zero-order valence-electron chi connectivity index (χ0n) is 5.46. The summed E-state index contributed by atoms with van der Waals surface area (Å²) in [5, 5.41) is 8.43. The van der Waals surface area contributed by atoms with Crippen molar-refractivity contribution < 1.29 is 5.11 Å². The molecule has 8 heavy (non-hydrogen) atoms. The minimum absolute atomic E-state index is 0.0676. The SMILES string of the molecule is CN(C)C[C@H](N)CO. The van der Waals surface area contributed by atoms with Gasteiger partial charge in [0, 0.05) is 12.6 Å². The van der Waals surface area contributed by atoms with Gasteiger partial charge >= 0.3 is 0 Å². The number of nitrogens with zero attached hydrogens (tertiary/aromatic N) is 1. The molecule has 0 aliphatic carbocycles. The number of hydrogen-bond acceptors (Lipinski definition) is 3. The molecule has 0 unspecified atom stereocenters. The minimum Gasteiger partial charge on any atom is -0.395 e. The Bertz CT molecular complexity index is 56.4. The van der Waals surface area contributed by atoms with E-state index in [1.807, 2.05) is 19.0 Å². The Hall–Kier alpha value is -0.120. The summed E-state index contributed by atoms with van der Waals surface area (Å²) in [7, 11) is 3.85. The van der Waals surface area contributed by atoms with E-state index in [4.69, 9.17) is 10.8 Å². The maximum Gasteiger partial charge on any atom is 0.0595 e. The molecule has 3 heteroatoms. The summed E-state index contributed by atoms with van der Waals surface area (Å²) in [4.78, 5) is 1.95. The largest absolute Gasteiger partial charge is 0.395 e. The van der Waals surface area contributed by atoms with Gasteiger partial charge in [-0.15, -0.1) is 0 Å². The third-order valence-corrected chi connectivity index (χ3v) is 0.834. The normalized spacial score (nSPS) is 14.6. The first kappa shape index (κ1) is 7.88. The van der Waals surface area contributed by atoms with Gasteiger partial charge in [-0.25, -0.2) is 0 Å². The van der Waals surface area contributed by atoms with Crippen molar-refractivity contribution in [1.29, 1.82) is 0 Å². The second kappa shape index (κ2) is 3.83. The van der Waals surface area contributed by atoms with E-state index >= 15 is 0 Å². The van der Waals surface area contributed by atoms with Crippen molar-refractivity contribution in [2.24, 2.45) is 5.73 Å². The molecule has 0 spiro atoms. The molecule has 0 fully saturated rings. The third-order valence-electron chi connectivity index (χ3n) is 0.834. The molecule has 50 valence electrons. The molecule has 3 N–H and O–H groups in total. The summed E-state index contributed by atoms with van der Waals surface area (Å²) in [5.41, 5.74) is 5.38. The Kier molecular flexibility index (Phi) is 3.77. The molecule has 1 atom stereocenters. The molecule has 0 saturated heterocycles. The van der Waals surface area contributed by atoms with E-state index in [1.54, 1.807) is 0 Å². The first-order valence-corrected chi connectivity index (χ1v) is 2.68. The lowest BCUT2D eigenvalue weighted by molar-refractivity contribution is 0.236. The number of likely N-dealkylation sites (N-methyl/N-ethyl adjacent to an activating group) is 1. The molecule has 0 radical (unpaired) electrons. The Balaban J connectivity index is 3.10. The molecule has 0 aromatic carbocycles. The Labute approximate surface area is 50.1 Å². The van der Waals surface area contributed by atoms with Crippen LogP contribution in [0.3, 0.4) is 0 Å². The van der Waals surface area contributed by atoms with E-state index in [-0.39, 0.29) is 12.6 Å². The van der Waals surface area contributed by atoms with Gasteiger partial charge in [-0.05, 0) is 14.1 Å². The Morgan fingerprint density at radius 3 is 2.25 bits per heavy atom. The lowest BCUT2D eigenvalue weighted by Gasteiger charge is -2.13. The molecule has 0 bridgehead atoms. The van der Waals surface area contributed by atoms with Crippen LogP contribution in [0.4, 0.5) is 0 Å². The first-order chi connectivity index (χ1) is 3.66. The fourth-order valence-corrected chi connectivity index (χ4v) is 0.527. The van der Waals surface area contributed by atoms with E-state index in [0.29, 0.717) is 0 Å². The maximum absolute atomic E-state index is 8.43. The van der Waals surface area contributed by atoms with Crippen LogP contribution >= 0.6 is 0 Å². The van der Waals surface area contributed by atoms with Crippen LogP contribution in [0.1, 0.15) is 0 Å². The van der Waals surface area contributed by atoms with Crippen LogP contribution < -0.4 is 5.73 Å². The van der Waals surface area contributed by atoms with Crippen molar-refractivity contribution in [3.63, 3.8) is 0 Å². The summed E-state index contributed by atoms with van der Waals surface area (Å²) >= 11 is 0. The number of nitrogens with two attached hydrogens (primary N) is 1. The van der Waals surface area contributed by atoms with Crippen LogP contribution in [-0.2, 0) is 0 Å². The molecule has 0 saturated carbocycles. The number of hydrogen-bond donors (Lipinski definition) is 2. The summed E-state index contributed by atoms with van der Waals surface area (Å²) in [5.74, 6) is 0. The van der Waals surface area contributed by atoms with Crippen LogP contribution in [0.5, 0.6) is 0 Å². The Morgan fingerprint density at radius 2 is 2.12 bits per heavy atom. The predicted molar refractivity (Wildman–Crippen MR) is 33.6 cm³/mol. The van der Waals surface area contributed by atoms with Gasteiger partial charge in [-0.1, -0.05) is 0 Å². The summed E-state index contributed by atoms with van der Waals surface area (Å²) in [6.07, 6.45) is 0. The highest BCUT2D eigenvalue weighted by atomic mass is 16.3. The predicted octanol–water partition coefficient (Wildman–Crippen LogP) is -1.13. The topological polar surface area (TPSA) is 49.5 Å². The molecular formula is C5H14N2O. The highest BCUT2D eigenvalue weighted by molar-refractivity contribution is 4.60. The van der Waals surface area contributed by atoms with Gasteiger partial charge in [-0.2, -0.15) is 0 Å². The lowest BCUT2D eigenvalue weighted by Crippen LogP contribution is -2.35. The molecular weight excluding hydrogens is 104 g/mol. The van der Waals surface area contributed by atoms with Crippen LogP contribution in [-0.4, -0.2) is 43.3 Å². The second-order valence-corrected chi connectivity index (χ2v) is 2.20. The summed E-state index contributed by atoms with van der Waals surface area (Å²) in [6, 6.07) is -0.0926. The molecule has 0 aliphatic heterocycles. The highest BCUT2D eigenvalue weighted by Gasteiger charge is 1.98. The van der Waals surface area contributed by atoms with Crippen molar-refractivity contribution in [1.82, 2.24) is 4.90 Å². The number of rotatable bonds is 3. The standard InChI is InChI=1S/C5H14N2O/c1-7(2)3-5(6)4-8/h5,8H,3-4,6H2,1-2H3/t5-/m0/s1. The molecule has 0 heterocycles. The fourth-order valence-electron chi connectivity index (χ4n) is 0.527. The highest BCUT2D eigenvalue weighted by Crippen LogP contribution is 1.78. The zero-order valence-corrected chi connectivity index (χ0v) is 5.46. The third kappa shape index (κ3) is 4.05. The summed E-state index contributed by atoms with van der Waals surface area (Å²) in [6.45, 7) is 0.814. The van der Waals surface area contributed by atoms with Crippen molar-refractivity contribution in [2.45, 2.75) is 6.04 Å². The lowest BCUT2D eigenvalue weighted by atomic mass is 10.3. The van der Waals surface area contributed by atoms with Gasteiger partial charge < -0.3 is 15.7 Å².